The number of aliphatic hydroxyl groups excluding tert-OH is 1. The van der Waals surface area contributed by atoms with E-state index in [0.29, 0.717) is 0 Å². The minimum atomic E-state index is -0.256. The van der Waals surface area contributed by atoms with Gasteiger partial charge in [-0.25, -0.2) is 4.98 Å². The first kappa shape index (κ1) is 12.6. The number of thioether (sulfide) groups is 1. The second-order valence-electron chi connectivity index (χ2n) is 4.28. The molecular weight excluding hydrogens is 234 g/mol. The van der Waals surface area contributed by atoms with Gasteiger partial charge in [-0.2, -0.15) is 0 Å². The maximum Gasteiger partial charge on any atom is 0.146 e. The first-order chi connectivity index (χ1) is 8.29. The van der Waals surface area contributed by atoms with Crippen LogP contribution in [-0.2, 0) is 0 Å². The Labute approximate surface area is 106 Å². The molecule has 0 bridgehead atoms. The normalized spacial score (nSPS) is 24.6. The van der Waals surface area contributed by atoms with Crippen molar-refractivity contribution in [3.8, 4) is 0 Å². The summed E-state index contributed by atoms with van der Waals surface area (Å²) in [4.78, 5) is 8.64. The van der Waals surface area contributed by atoms with E-state index in [1.165, 1.54) is 6.42 Å². The lowest BCUT2D eigenvalue weighted by Crippen LogP contribution is -2.36. The summed E-state index contributed by atoms with van der Waals surface area (Å²) in [5.41, 5.74) is 0. The van der Waals surface area contributed by atoms with E-state index in [4.69, 9.17) is 0 Å². The van der Waals surface area contributed by atoms with Crippen molar-refractivity contribution in [2.75, 3.05) is 11.1 Å². The number of hydrogen-bond acceptors (Lipinski definition) is 5. The van der Waals surface area contributed by atoms with Crippen molar-refractivity contribution in [3.63, 3.8) is 0 Å². The van der Waals surface area contributed by atoms with Crippen LogP contribution < -0.4 is 5.32 Å². The maximum absolute atomic E-state index is 9.89. The van der Waals surface area contributed by atoms with Gasteiger partial charge in [0.15, 0.2) is 0 Å². The molecule has 1 heterocycles. The summed E-state index contributed by atoms with van der Waals surface area (Å²) in [5, 5.41) is 14.1. The molecule has 2 atom stereocenters. The fourth-order valence-corrected chi connectivity index (χ4v) is 2.70. The lowest BCUT2D eigenvalue weighted by molar-refractivity contribution is 0.116. The zero-order chi connectivity index (χ0) is 12.1. The molecule has 17 heavy (non-hydrogen) atoms. The average Bonchev–Trinajstić information content (AvgIpc) is 2.33. The number of nitrogens with one attached hydrogen (secondary N) is 1. The first-order valence-corrected chi connectivity index (χ1v) is 7.17. The van der Waals surface area contributed by atoms with E-state index in [1.54, 1.807) is 24.2 Å². The van der Waals surface area contributed by atoms with E-state index in [1.807, 2.05) is 0 Å². The lowest BCUT2D eigenvalue weighted by Gasteiger charge is -2.28. The van der Waals surface area contributed by atoms with Crippen LogP contribution in [0.1, 0.15) is 32.6 Å². The van der Waals surface area contributed by atoms with Gasteiger partial charge < -0.3 is 10.4 Å². The third-order valence-corrected chi connectivity index (χ3v) is 3.75. The quantitative estimate of drug-likeness (QED) is 0.806. The van der Waals surface area contributed by atoms with Crippen molar-refractivity contribution >= 4 is 17.6 Å². The van der Waals surface area contributed by atoms with E-state index >= 15 is 0 Å². The van der Waals surface area contributed by atoms with E-state index < -0.39 is 0 Å². The topological polar surface area (TPSA) is 58.0 Å². The largest absolute Gasteiger partial charge is 0.391 e. The molecule has 94 valence electrons. The number of nitrogens with zero attached hydrogens (tertiary/aromatic N) is 2. The van der Waals surface area contributed by atoms with Gasteiger partial charge in [0, 0.05) is 0 Å². The standard InChI is InChI=1S/C12H19N3OS/c1-2-17-12-8-13-7-11(15-12)14-9-5-3-4-6-10(9)16/h7-10,16H,2-6H2,1H3,(H,14,15)/t9-,10-/m1/s1. The van der Waals surface area contributed by atoms with Crippen molar-refractivity contribution in [1.29, 1.82) is 0 Å². The van der Waals surface area contributed by atoms with Crippen molar-refractivity contribution in [3.05, 3.63) is 12.4 Å². The van der Waals surface area contributed by atoms with Crippen LogP contribution in [0.15, 0.2) is 17.4 Å². The molecule has 1 aliphatic carbocycles. The van der Waals surface area contributed by atoms with Crippen LogP contribution in [0.4, 0.5) is 5.82 Å². The molecule has 5 heteroatoms. The van der Waals surface area contributed by atoms with E-state index in [0.717, 1.165) is 35.9 Å². The van der Waals surface area contributed by atoms with Crippen LogP contribution in [0.25, 0.3) is 0 Å². The van der Waals surface area contributed by atoms with Gasteiger partial charge in [-0.3, -0.25) is 4.98 Å². The smallest absolute Gasteiger partial charge is 0.146 e. The Morgan fingerprint density at radius 3 is 3.00 bits per heavy atom. The van der Waals surface area contributed by atoms with Crippen LogP contribution in [0.3, 0.4) is 0 Å². The van der Waals surface area contributed by atoms with Gasteiger partial charge >= 0.3 is 0 Å². The lowest BCUT2D eigenvalue weighted by atomic mass is 9.93. The molecular formula is C12H19N3OS. The fourth-order valence-electron chi connectivity index (χ4n) is 2.10. The monoisotopic (exact) mass is 253 g/mol. The number of rotatable bonds is 4. The van der Waals surface area contributed by atoms with Crippen LogP contribution in [0.5, 0.6) is 0 Å². The summed E-state index contributed by atoms with van der Waals surface area (Å²) in [6.07, 6.45) is 7.43. The summed E-state index contributed by atoms with van der Waals surface area (Å²) in [7, 11) is 0. The van der Waals surface area contributed by atoms with Gasteiger partial charge in [-0.15, -0.1) is 11.8 Å². The van der Waals surface area contributed by atoms with Gasteiger partial charge in [0.1, 0.15) is 10.8 Å². The van der Waals surface area contributed by atoms with Crippen molar-refractivity contribution in [2.24, 2.45) is 0 Å². The molecule has 1 aliphatic rings. The van der Waals surface area contributed by atoms with Crippen LogP contribution in [0, 0.1) is 0 Å². The number of aliphatic hydroxyl groups is 1. The zero-order valence-electron chi connectivity index (χ0n) is 10.1. The van der Waals surface area contributed by atoms with Gasteiger partial charge in [0.2, 0.25) is 0 Å². The number of hydrogen-bond donors (Lipinski definition) is 2. The summed E-state index contributed by atoms with van der Waals surface area (Å²) in [6, 6.07) is 0.125. The molecule has 0 aromatic carbocycles. The minimum absolute atomic E-state index is 0.125. The molecule has 0 spiro atoms. The van der Waals surface area contributed by atoms with E-state index in [9.17, 15) is 5.11 Å². The average molecular weight is 253 g/mol. The third-order valence-electron chi connectivity index (χ3n) is 2.97. The van der Waals surface area contributed by atoms with Crippen LogP contribution in [-0.4, -0.2) is 33.0 Å². The number of aromatic nitrogens is 2. The second-order valence-corrected chi connectivity index (χ2v) is 5.56. The molecule has 4 nitrogen and oxygen atoms in total. The highest BCUT2D eigenvalue weighted by atomic mass is 32.2. The second kappa shape index (κ2) is 6.21. The fraction of sp³-hybridized carbons (Fsp3) is 0.667. The van der Waals surface area contributed by atoms with Gasteiger partial charge in [-0.05, 0) is 18.6 Å². The van der Waals surface area contributed by atoms with Crippen LogP contribution >= 0.6 is 11.8 Å². The Kier molecular flexibility index (Phi) is 4.62. The minimum Gasteiger partial charge on any atom is -0.391 e. The third kappa shape index (κ3) is 3.57. The molecule has 1 saturated carbocycles. The predicted octanol–water partition coefficient (Wildman–Crippen LogP) is 2.30. The van der Waals surface area contributed by atoms with Crippen molar-refractivity contribution < 1.29 is 5.11 Å². The highest BCUT2D eigenvalue weighted by Gasteiger charge is 2.23. The summed E-state index contributed by atoms with van der Waals surface area (Å²) in [6.45, 7) is 2.09. The molecule has 2 N–H and O–H groups in total. The Hall–Kier alpha value is -0.810. The van der Waals surface area contributed by atoms with Crippen molar-refractivity contribution in [2.45, 2.75) is 49.8 Å². The van der Waals surface area contributed by atoms with Crippen LogP contribution in [0.2, 0.25) is 0 Å². The molecule has 0 amide bonds. The predicted molar refractivity (Wildman–Crippen MR) is 70.3 cm³/mol. The van der Waals surface area contributed by atoms with Gasteiger partial charge in [0.25, 0.3) is 0 Å². The molecule has 0 radical (unpaired) electrons. The van der Waals surface area contributed by atoms with Gasteiger partial charge in [0.05, 0.1) is 24.5 Å². The molecule has 0 unspecified atom stereocenters. The summed E-state index contributed by atoms with van der Waals surface area (Å²) < 4.78 is 0. The SMILES string of the molecule is CCSc1cncc(N[C@@H]2CCCC[C@H]2O)n1. The molecule has 2 rings (SSSR count). The highest BCUT2D eigenvalue weighted by Crippen LogP contribution is 2.22. The summed E-state index contributed by atoms with van der Waals surface area (Å²) in [5.74, 6) is 1.76. The van der Waals surface area contributed by atoms with Gasteiger partial charge in [-0.1, -0.05) is 19.8 Å². The molecule has 1 aromatic heterocycles. The zero-order valence-corrected chi connectivity index (χ0v) is 10.9. The molecule has 1 fully saturated rings. The molecule has 1 aromatic rings. The Balaban J connectivity index is 1.99. The Morgan fingerprint density at radius 1 is 1.41 bits per heavy atom. The van der Waals surface area contributed by atoms with E-state index in [2.05, 4.69) is 22.2 Å². The van der Waals surface area contributed by atoms with E-state index in [-0.39, 0.29) is 12.1 Å². The first-order valence-electron chi connectivity index (χ1n) is 6.19. The Bertz CT molecular complexity index is 361. The molecule has 0 saturated heterocycles. The highest BCUT2D eigenvalue weighted by molar-refractivity contribution is 7.99. The summed E-state index contributed by atoms with van der Waals surface area (Å²) >= 11 is 1.68. The Morgan fingerprint density at radius 2 is 2.24 bits per heavy atom. The van der Waals surface area contributed by atoms with Crippen molar-refractivity contribution in [1.82, 2.24) is 9.97 Å². The maximum atomic E-state index is 9.89. The molecule has 0 aliphatic heterocycles. The number of anilines is 1.